The lowest BCUT2D eigenvalue weighted by Gasteiger charge is -2.42. The molecule has 43 heavy (non-hydrogen) atoms. The number of Topliss-reactive ketones (excluding diaryl/α,β-unsaturated/α-hetero) is 2. The number of esters is 1. The zero-order valence-corrected chi connectivity index (χ0v) is 27.9. The minimum Gasteiger partial charge on any atom is -0.464 e. The van der Waals surface area contributed by atoms with Crippen LogP contribution in [0.3, 0.4) is 0 Å². The van der Waals surface area contributed by atoms with Gasteiger partial charge in [-0.2, -0.15) is 0 Å². The molecular weight excluding hydrogens is 564 g/mol. The average Bonchev–Trinajstić information content (AvgIpc) is 3.64. The molecule has 0 saturated heterocycles. The van der Waals surface area contributed by atoms with Gasteiger partial charge in [0.05, 0.1) is 18.7 Å². The monoisotopic (exact) mass is 610 g/mol. The summed E-state index contributed by atoms with van der Waals surface area (Å²) in [6.45, 7) is 17.2. The second kappa shape index (κ2) is 14.9. The van der Waals surface area contributed by atoms with Crippen molar-refractivity contribution in [2.45, 2.75) is 103 Å². The molecule has 0 radical (unpaired) electrons. The van der Waals surface area contributed by atoms with Gasteiger partial charge in [-0.25, -0.2) is 14.8 Å². The van der Waals surface area contributed by atoms with Crippen LogP contribution < -0.4 is 0 Å². The number of methoxy groups -OCH3 is 1. The molecular formula is C33H46N2O7Si. The molecule has 9 nitrogen and oxygen atoms in total. The number of aromatic nitrogens is 2. The van der Waals surface area contributed by atoms with Crippen LogP contribution in [0.15, 0.2) is 45.6 Å². The molecule has 0 aliphatic rings. The number of hydrogen-bond donors (Lipinski definition) is 0. The SMILES string of the molecule is CCC(CC(=O)c1cccc(C(=O)CC(CO[Si](C(C)C)(C(C)C)C(C)C)c2nc(C(=O)OC)co2)c1)c1nc(C)co1. The summed E-state index contributed by atoms with van der Waals surface area (Å²) >= 11 is 0. The lowest BCUT2D eigenvalue weighted by Crippen LogP contribution is -2.48. The number of rotatable bonds is 16. The quantitative estimate of drug-likeness (QED) is 0.0900. The Hall–Kier alpha value is -3.37. The van der Waals surface area contributed by atoms with E-state index >= 15 is 0 Å². The van der Waals surface area contributed by atoms with Crippen LogP contribution in [-0.4, -0.2) is 49.5 Å². The Balaban J connectivity index is 1.86. The van der Waals surface area contributed by atoms with Gasteiger partial charge in [-0.15, -0.1) is 0 Å². The van der Waals surface area contributed by atoms with Crippen LogP contribution in [0.2, 0.25) is 16.6 Å². The molecule has 1 aromatic carbocycles. The van der Waals surface area contributed by atoms with Crippen molar-refractivity contribution in [2.75, 3.05) is 13.7 Å². The van der Waals surface area contributed by atoms with Crippen molar-refractivity contribution in [1.82, 2.24) is 9.97 Å². The minimum atomic E-state index is -2.28. The Morgan fingerprint density at radius 3 is 1.86 bits per heavy atom. The van der Waals surface area contributed by atoms with Gasteiger partial charge in [0.15, 0.2) is 31.5 Å². The topological polar surface area (TPSA) is 122 Å². The summed E-state index contributed by atoms with van der Waals surface area (Å²) < 4.78 is 22.9. The highest BCUT2D eigenvalue weighted by Gasteiger charge is 2.45. The number of nitrogens with zero attached hydrogens (tertiary/aromatic N) is 2. The molecule has 10 heteroatoms. The van der Waals surface area contributed by atoms with Gasteiger partial charge in [0, 0.05) is 36.5 Å². The number of carbonyl (C=O) groups excluding carboxylic acids is 3. The second-order valence-corrected chi connectivity index (χ2v) is 17.6. The summed E-state index contributed by atoms with van der Waals surface area (Å²) in [5.74, 6) is -0.782. The van der Waals surface area contributed by atoms with Crippen molar-refractivity contribution in [2.24, 2.45) is 0 Å². The van der Waals surface area contributed by atoms with E-state index in [1.807, 2.05) is 13.8 Å². The maximum Gasteiger partial charge on any atom is 0.360 e. The van der Waals surface area contributed by atoms with E-state index in [2.05, 4.69) is 51.5 Å². The fraction of sp³-hybridized carbons (Fsp3) is 0.545. The molecule has 0 spiro atoms. The van der Waals surface area contributed by atoms with E-state index in [0.717, 1.165) is 5.69 Å². The lowest BCUT2D eigenvalue weighted by molar-refractivity contribution is 0.0593. The van der Waals surface area contributed by atoms with E-state index in [4.69, 9.17) is 18.0 Å². The first-order chi connectivity index (χ1) is 20.3. The summed E-state index contributed by atoms with van der Waals surface area (Å²) in [4.78, 5) is 47.8. The van der Waals surface area contributed by atoms with Crippen molar-refractivity contribution in [1.29, 1.82) is 0 Å². The van der Waals surface area contributed by atoms with Gasteiger partial charge >= 0.3 is 5.97 Å². The van der Waals surface area contributed by atoms with Crippen LogP contribution >= 0.6 is 0 Å². The van der Waals surface area contributed by atoms with Gasteiger partial charge in [-0.1, -0.05) is 66.7 Å². The van der Waals surface area contributed by atoms with E-state index < -0.39 is 20.2 Å². The molecule has 0 N–H and O–H groups in total. The Kier molecular flexibility index (Phi) is 11.8. The Morgan fingerprint density at radius 2 is 1.37 bits per heavy atom. The third-order valence-corrected chi connectivity index (χ3v) is 14.4. The van der Waals surface area contributed by atoms with E-state index in [0.29, 0.717) is 40.1 Å². The molecule has 0 aliphatic carbocycles. The van der Waals surface area contributed by atoms with Gasteiger partial charge in [-0.05, 0) is 36.0 Å². The zero-order valence-electron chi connectivity index (χ0n) is 26.9. The smallest absolute Gasteiger partial charge is 0.360 e. The number of aryl methyl sites for hydroxylation is 1. The first-order valence-corrected chi connectivity index (χ1v) is 17.2. The van der Waals surface area contributed by atoms with Crippen molar-refractivity contribution in [3.05, 3.63) is 71.1 Å². The normalized spacial score (nSPS) is 13.5. The molecule has 0 bridgehead atoms. The van der Waals surface area contributed by atoms with Gasteiger partial charge in [0.1, 0.15) is 12.5 Å². The molecule has 234 valence electrons. The summed E-state index contributed by atoms with van der Waals surface area (Å²) in [7, 11) is -1.000. The summed E-state index contributed by atoms with van der Waals surface area (Å²) in [6.07, 6.45) is 3.78. The summed E-state index contributed by atoms with van der Waals surface area (Å²) in [5.41, 5.74) is 2.70. The maximum atomic E-state index is 13.7. The van der Waals surface area contributed by atoms with Crippen molar-refractivity contribution in [3.8, 4) is 0 Å². The molecule has 2 unspecified atom stereocenters. The van der Waals surface area contributed by atoms with E-state index in [1.165, 1.54) is 13.4 Å². The average molecular weight is 611 g/mol. The first-order valence-electron chi connectivity index (χ1n) is 15.1. The number of ketones is 2. The standard InChI is InChI=1S/C33H46N2O7Si/c1-10-24(31-34-23(8)17-40-31)15-29(36)25-12-11-13-26(14-25)30(37)16-27(32-35-28(19-41-32)33(38)39-9)18-42-43(20(2)3,21(4)5)22(6)7/h11-14,17,19-22,24,27H,10,15-16,18H2,1-9H3. The van der Waals surface area contributed by atoms with Gasteiger partial charge < -0.3 is 18.0 Å². The highest BCUT2D eigenvalue weighted by molar-refractivity contribution is 6.77. The van der Waals surface area contributed by atoms with Crippen molar-refractivity contribution >= 4 is 25.9 Å². The van der Waals surface area contributed by atoms with Crippen LogP contribution in [0.25, 0.3) is 0 Å². The number of ether oxygens (including phenoxy) is 1. The third-order valence-electron chi connectivity index (χ3n) is 8.36. The summed E-state index contributed by atoms with van der Waals surface area (Å²) in [6, 6.07) is 6.78. The maximum absolute atomic E-state index is 13.7. The van der Waals surface area contributed by atoms with Crippen molar-refractivity contribution < 1.29 is 32.4 Å². The number of hydrogen-bond acceptors (Lipinski definition) is 9. The predicted octanol–water partition coefficient (Wildman–Crippen LogP) is 8.07. The lowest BCUT2D eigenvalue weighted by atomic mass is 9.93. The third kappa shape index (κ3) is 7.97. The van der Waals surface area contributed by atoms with E-state index in [1.54, 1.807) is 30.5 Å². The zero-order chi connectivity index (χ0) is 31.9. The van der Waals surface area contributed by atoms with E-state index in [9.17, 15) is 14.4 Å². The van der Waals surface area contributed by atoms with Crippen LogP contribution in [0.4, 0.5) is 0 Å². The van der Waals surface area contributed by atoms with Crippen molar-refractivity contribution in [3.63, 3.8) is 0 Å². The molecule has 3 rings (SSSR count). The molecule has 2 heterocycles. The molecule has 0 amide bonds. The highest BCUT2D eigenvalue weighted by Crippen LogP contribution is 2.43. The number of oxazole rings is 2. The van der Waals surface area contributed by atoms with Gasteiger partial charge in [0.2, 0.25) is 5.89 Å². The largest absolute Gasteiger partial charge is 0.464 e. The second-order valence-electron chi connectivity index (χ2n) is 12.2. The summed E-state index contributed by atoms with van der Waals surface area (Å²) in [5, 5.41) is 0. The molecule has 0 aliphatic heterocycles. The molecule has 3 aromatic rings. The minimum absolute atomic E-state index is 0.0325. The number of carbonyl (C=O) groups is 3. The predicted molar refractivity (Wildman–Crippen MR) is 166 cm³/mol. The Morgan fingerprint density at radius 1 is 0.837 bits per heavy atom. The van der Waals surface area contributed by atoms with Crippen LogP contribution in [0.1, 0.15) is 128 Å². The molecule has 2 aromatic heterocycles. The fourth-order valence-corrected chi connectivity index (χ4v) is 11.6. The van der Waals surface area contributed by atoms with Gasteiger partial charge in [0.25, 0.3) is 0 Å². The van der Waals surface area contributed by atoms with Gasteiger partial charge in [-0.3, -0.25) is 9.59 Å². The Labute approximate surface area is 255 Å². The van der Waals surface area contributed by atoms with Crippen LogP contribution in [-0.2, 0) is 9.16 Å². The first kappa shape index (κ1) is 34.1. The fourth-order valence-electron chi connectivity index (χ4n) is 6.15. The number of benzene rings is 1. The van der Waals surface area contributed by atoms with Crippen LogP contribution in [0, 0.1) is 6.92 Å². The Bertz CT molecular complexity index is 1370. The van der Waals surface area contributed by atoms with Crippen LogP contribution in [0.5, 0.6) is 0 Å². The van der Waals surface area contributed by atoms with E-state index in [-0.39, 0.29) is 48.5 Å². The molecule has 0 fully saturated rings. The molecule has 0 saturated carbocycles. The highest BCUT2D eigenvalue weighted by atomic mass is 28.4. The molecule has 2 atom stereocenters.